The van der Waals surface area contributed by atoms with Crippen LogP contribution in [0.25, 0.3) is 22.1 Å². The van der Waals surface area contributed by atoms with Gasteiger partial charge in [0.05, 0.1) is 42.3 Å². The molecule has 0 unspecified atom stereocenters. The van der Waals surface area contributed by atoms with Crippen LogP contribution in [0.3, 0.4) is 0 Å². The summed E-state index contributed by atoms with van der Waals surface area (Å²) in [5, 5.41) is 4.98. The van der Waals surface area contributed by atoms with Gasteiger partial charge in [0.25, 0.3) is 10.0 Å². The highest BCUT2D eigenvalue weighted by Crippen LogP contribution is 2.35. The van der Waals surface area contributed by atoms with Gasteiger partial charge < -0.3 is 13.9 Å². The summed E-state index contributed by atoms with van der Waals surface area (Å²) < 4.78 is 43.7. The second kappa shape index (κ2) is 7.14. The van der Waals surface area contributed by atoms with E-state index in [1.54, 1.807) is 36.6 Å². The molecule has 1 saturated heterocycles. The van der Waals surface area contributed by atoms with E-state index >= 15 is 0 Å². The zero-order valence-corrected chi connectivity index (χ0v) is 16.2. The van der Waals surface area contributed by atoms with Gasteiger partial charge in [0.1, 0.15) is 5.58 Å². The lowest BCUT2D eigenvalue weighted by atomic mass is 10.0. The highest BCUT2D eigenvalue weighted by atomic mass is 32.2. The van der Waals surface area contributed by atoms with E-state index in [2.05, 4.69) is 5.10 Å². The maximum Gasteiger partial charge on any atom is 0.282 e. The molecule has 2 aromatic carbocycles. The molecule has 1 fully saturated rings. The number of rotatable bonds is 4. The average molecular weight is 410 g/mol. The molecule has 0 N–H and O–H groups in total. The third-order valence-electron chi connectivity index (χ3n) is 4.84. The van der Waals surface area contributed by atoms with Gasteiger partial charge >= 0.3 is 0 Å². The van der Waals surface area contributed by atoms with Gasteiger partial charge in [0, 0.05) is 10.9 Å². The van der Waals surface area contributed by atoms with Gasteiger partial charge in [-0.2, -0.15) is 17.6 Å². The predicted molar refractivity (Wildman–Crippen MR) is 106 cm³/mol. The summed E-state index contributed by atoms with van der Waals surface area (Å²) in [6.07, 6.45) is 5.00. The Labute approximate surface area is 167 Å². The first-order valence-electron chi connectivity index (χ1n) is 9.23. The van der Waals surface area contributed by atoms with Crippen molar-refractivity contribution < 1.29 is 22.3 Å². The van der Waals surface area contributed by atoms with E-state index in [0.29, 0.717) is 24.4 Å². The molecule has 3 heterocycles. The largest absolute Gasteiger partial charge is 0.464 e. The maximum atomic E-state index is 12.8. The Morgan fingerprint density at radius 2 is 1.79 bits per heavy atom. The van der Waals surface area contributed by atoms with Crippen molar-refractivity contribution in [3.8, 4) is 11.1 Å². The quantitative estimate of drug-likeness (QED) is 0.506. The van der Waals surface area contributed by atoms with Crippen molar-refractivity contribution >= 4 is 21.0 Å². The zero-order chi connectivity index (χ0) is 19.8. The third kappa shape index (κ3) is 3.25. The Morgan fingerprint density at radius 3 is 2.59 bits per heavy atom. The molecule has 1 aliphatic heterocycles. The molecule has 0 aliphatic carbocycles. The van der Waals surface area contributed by atoms with Crippen LogP contribution in [0.2, 0.25) is 0 Å². The molecule has 7 nitrogen and oxygen atoms in total. The van der Waals surface area contributed by atoms with Crippen molar-refractivity contribution in [2.75, 3.05) is 13.2 Å². The molecule has 0 amide bonds. The second-order valence-electron chi connectivity index (χ2n) is 6.75. The topological polar surface area (TPSA) is 83.6 Å². The predicted octanol–water partition coefficient (Wildman–Crippen LogP) is 3.97. The number of aromatic nitrogens is 2. The lowest BCUT2D eigenvalue weighted by Gasteiger charge is -2.23. The first-order chi connectivity index (χ1) is 14.1. The van der Waals surface area contributed by atoms with Gasteiger partial charge in [-0.1, -0.05) is 18.2 Å². The minimum atomic E-state index is -3.75. The summed E-state index contributed by atoms with van der Waals surface area (Å²) in [6.45, 7) is 1.23. The summed E-state index contributed by atoms with van der Waals surface area (Å²) in [4.78, 5) is 0.185. The van der Waals surface area contributed by atoms with E-state index in [4.69, 9.17) is 13.9 Å². The van der Waals surface area contributed by atoms with Crippen LogP contribution in [0.4, 0.5) is 0 Å². The lowest BCUT2D eigenvalue weighted by Crippen LogP contribution is -2.17. The fourth-order valence-electron chi connectivity index (χ4n) is 3.40. The molecular weight excluding hydrogens is 392 g/mol. The molecular formula is C21H18N2O5S. The Hall–Kier alpha value is -2.94. The molecule has 2 aromatic heterocycles. The van der Waals surface area contributed by atoms with Gasteiger partial charge in [0.15, 0.2) is 6.29 Å². The first kappa shape index (κ1) is 18.1. The Balaban J connectivity index is 1.57. The van der Waals surface area contributed by atoms with E-state index in [1.807, 2.05) is 18.2 Å². The van der Waals surface area contributed by atoms with Crippen LogP contribution in [0.5, 0.6) is 0 Å². The van der Waals surface area contributed by atoms with Crippen LogP contribution < -0.4 is 0 Å². The van der Waals surface area contributed by atoms with Crippen molar-refractivity contribution in [3.63, 3.8) is 0 Å². The molecule has 0 bridgehead atoms. The number of hydrogen-bond acceptors (Lipinski definition) is 6. The zero-order valence-electron chi connectivity index (χ0n) is 15.4. The molecule has 0 atom stereocenters. The molecule has 8 heteroatoms. The van der Waals surface area contributed by atoms with E-state index < -0.39 is 16.3 Å². The minimum absolute atomic E-state index is 0.185. The van der Waals surface area contributed by atoms with Gasteiger partial charge in [-0.05, 0) is 42.3 Å². The normalized spacial score (nSPS) is 15.7. The molecule has 0 spiro atoms. The Kier molecular flexibility index (Phi) is 4.46. The van der Waals surface area contributed by atoms with Crippen LogP contribution in [-0.4, -0.2) is 30.8 Å². The summed E-state index contributed by atoms with van der Waals surface area (Å²) in [6, 6.07) is 13.9. The van der Waals surface area contributed by atoms with Crippen LogP contribution >= 0.6 is 0 Å². The van der Waals surface area contributed by atoms with Crippen molar-refractivity contribution in [2.45, 2.75) is 17.6 Å². The number of benzene rings is 2. The first-order valence-corrected chi connectivity index (χ1v) is 10.7. The molecule has 148 valence electrons. The molecule has 5 rings (SSSR count). The fraction of sp³-hybridized carbons (Fsp3) is 0.190. The molecule has 1 aliphatic rings. The summed E-state index contributed by atoms with van der Waals surface area (Å²) in [7, 11) is -3.75. The van der Waals surface area contributed by atoms with Crippen molar-refractivity contribution in [3.05, 3.63) is 72.8 Å². The average Bonchev–Trinajstić information content (AvgIpc) is 3.44. The molecule has 0 radical (unpaired) electrons. The number of fused-ring (bicyclic) bond motifs is 1. The summed E-state index contributed by atoms with van der Waals surface area (Å²) in [5.74, 6) is 0. The van der Waals surface area contributed by atoms with Crippen LogP contribution in [-0.2, 0) is 19.5 Å². The van der Waals surface area contributed by atoms with Gasteiger partial charge in [0.2, 0.25) is 0 Å². The fourth-order valence-corrected chi connectivity index (χ4v) is 4.55. The lowest BCUT2D eigenvalue weighted by molar-refractivity contribution is -0.182. The SMILES string of the molecule is O=S(=O)(c1ccccc1)n1cc(-c2cc(C3OCCCO3)c3occc3c2)cn1. The van der Waals surface area contributed by atoms with Gasteiger partial charge in [-0.25, -0.2) is 0 Å². The van der Waals surface area contributed by atoms with Gasteiger partial charge in [-0.15, -0.1) is 0 Å². The summed E-state index contributed by atoms with van der Waals surface area (Å²) >= 11 is 0. The highest BCUT2D eigenvalue weighted by molar-refractivity contribution is 7.89. The van der Waals surface area contributed by atoms with E-state index in [1.165, 1.54) is 12.4 Å². The number of nitrogens with zero attached hydrogens (tertiary/aromatic N) is 2. The monoisotopic (exact) mass is 410 g/mol. The molecule has 0 saturated carbocycles. The van der Waals surface area contributed by atoms with Gasteiger partial charge in [-0.3, -0.25) is 0 Å². The van der Waals surface area contributed by atoms with E-state index in [0.717, 1.165) is 27.0 Å². The van der Waals surface area contributed by atoms with Crippen molar-refractivity contribution in [1.82, 2.24) is 9.19 Å². The maximum absolute atomic E-state index is 12.8. The molecule has 29 heavy (non-hydrogen) atoms. The smallest absolute Gasteiger partial charge is 0.282 e. The Morgan fingerprint density at radius 1 is 1.00 bits per heavy atom. The Bertz CT molecular complexity index is 1250. The number of furan rings is 1. The highest BCUT2D eigenvalue weighted by Gasteiger charge is 2.23. The van der Waals surface area contributed by atoms with E-state index in [9.17, 15) is 8.42 Å². The second-order valence-corrected chi connectivity index (χ2v) is 8.55. The number of ether oxygens (including phenoxy) is 2. The van der Waals surface area contributed by atoms with E-state index in [-0.39, 0.29) is 4.90 Å². The molecule has 4 aromatic rings. The minimum Gasteiger partial charge on any atom is -0.464 e. The van der Waals surface area contributed by atoms with Crippen LogP contribution in [0, 0.1) is 0 Å². The van der Waals surface area contributed by atoms with Crippen molar-refractivity contribution in [2.24, 2.45) is 0 Å². The number of hydrogen-bond donors (Lipinski definition) is 0. The van der Waals surface area contributed by atoms with Crippen LogP contribution in [0.1, 0.15) is 18.3 Å². The van der Waals surface area contributed by atoms with Crippen molar-refractivity contribution in [1.29, 1.82) is 0 Å². The summed E-state index contributed by atoms with van der Waals surface area (Å²) in [5.41, 5.74) is 2.96. The third-order valence-corrected chi connectivity index (χ3v) is 6.40. The standard InChI is InChI=1S/C21H18N2O5S/c24-29(25,18-5-2-1-3-6-18)23-14-17(13-22-23)16-11-15-7-10-26-20(15)19(12-16)21-27-8-4-9-28-21/h1-3,5-7,10-14,21H,4,8-9H2. The van der Waals surface area contributed by atoms with Crippen LogP contribution in [0.15, 0.2) is 76.5 Å².